The molecule has 0 aromatic heterocycles. The van der Waals surface area contributed by atoms with Crippen molar-refractivity contribution in [3.8, 4) is 0 Å². The Hall–Kier alpha value is -1.39. The first-order valence-electron chi connectivity index (χ1n) is 6.41. The number of rotatable bonds is 7. The van der Waals surface area contributed by atoms with Crippen LogP contribution in [0.2, 0.25) is 0 Å². The van der Waals surface area contributed by atoms with Gasteiger partial charge >= 0.3 is 0 Å². The highest BCUT2D eigenvalue weighted by Gasteiger charge is 2.05. The molecule has 0 heterocycles. The number of nitrogens with zero attached hydrogens (tertiary/aromatic N) is 1. The molecule has 0 aliphatic rings. The van der Waals surface area contributed by atoms with Crippen LogP contribution < -0.4 is 5.32 Å². The summed E-state index contributed by atoms with van der Waals surface area (Å²) in [5.74, 6) is -0.0633. The molecule has 18 heavy (non-hydrogen) atoms. The highest BCUT2D eigenvalue weighted by Crippen LogP contribution is 2.04. The van der Waals surface area contributed by atoms with Crippen molar-refractivity contribution in [3.05, 3.63) is 35.4 Å². The number of nitrogens with one attached hydrogen (secondary N) is 1. The van der Waals surface area contributed by atoms with E-state index in [0.717, 1.165) is 25.2 Å². The van der Waals surface area contributed by atoms with Gasteiger partial charge in [0.1, 0.15) is 0 Å². The summed E-state index contributed by atoms with van der Waals surface area (Å²) < 4.78 is 0. The topological polar surface area (TPSA) is 52.6 Å². The zero-order chi connectivity index (χ0) is 13.4. The molecule has 1 aromatic rings. The summed E-state index contributed by atoms with van der Waals surface area (Å²) in [5.41, 5.74) is 1.45. The molecule has 0 spiro atoms. The molecule has 0 saturated heterocycles. The van der Waals surface area contributed by atoms with Crippen molar-refractivity contribution in [2.45, 2.75) is 20.5 Å². The number of likely N-dealkylation sites (N-methyl/N-ethyl adjacent to an activating group) is 1. The van der Waals surface area contributed by atoms with Crippen molar-refractivity contribution in [1.29, 1.82) is 0 Å². The number of amides is 1. The summed E-state index contributed by atoms with van der Waals surface area (Å²) in [4.78, 5) is 14.1. The monoisotopic (exact) mass is 250 g/mol. The van der Waals surface area contributed by atoms with Crippen molar-refractivity contribution in [1.82, 2.24) is 10.2 Å². The fourth-order valence-electron chi connectivity index (χ4n) is 1.73. The third kappa shape index (κ3) is 4.47. The van der Waals surface area contributed by atoms with E-state index in [0.29, 0.717) is 12.1 Å². The molecule has 0 unspecified atom stereocenters. The lowest BCUT2D eigenvalue weighted by Crippen LogP contribution is -2.34. The molecule has 0 atom stereocenters. The lowest BCUT2D eigenvalue weighted by atomic mass is 10.1. The lowest BCUT2D eigenvalue weighted by molar-refractivity contribution is 0.0949. The predicted molar refractivity (Wildman–Crippen MR) is 72.5 cm³/mol. The minimum atomic E-state index is -0.0633. The summed E-state index contributed by atoms with van der Waals surface area (Å²) in [6, 6.07) is 7.00. The molecule has 4 heteroatoms. The van der Waals surface area contributed by atoms with Crippen LogP contribution in [0.25, 0.3) is 0 Å². The van der Waals surface area contributed by atoms with Gasteiger partial charge in [-0.3, -0.25) is 4.79 Å². The van der Waals surface area contributed by atoms with Gasteiger partial charge in [0.15, 0.2) is 0 Å². The van der Waals surface area contributed by atoms with Gasteiger partial charge in [-0.05, 0) is 30.8 Å². The molecule has 0 bridgehead atoms. The van der Waals surface area contributed by atoms with Gasteiger partial charge in [-0.25, -0.2) is 0 Å². The Labute approximate surface area is 109 Å². The largest absolute Gasteiger partial charge is 0.392 e. The molecule has 1 rings (SSSR count). The zero-order valence-corrected chi connectivity index (χ0v) is 11.1. The summed E-state index contributed by atoms with van der Waals surface area (Å²) in [5, 5.41) is 11.8. The van der Waals surface area contributed by atoms with Gasteiger partial charge in [0.2, 0.25) is 0 Å². The van der Waals surface area contributed by atoms with Gasteiger partial charge in [0, 0.05) is 18.7 Å². The smallest absolute Gasteiger partial charge is 0.251 e. The van der Waals surface area contributed by atoms with E-state index >= 15 is 0 Å². The Morgan fingerprint density at radius 2 is 1.83 bits per heavy atom. The fraction of sp³-hybridized carbons (Fsp3) is 0.500. The van der Waals surface area contributed by atoms with Gasteiger partial charge in [0.25, 0.3) is 5.91 Å². The molecule has 0 aliphatic heterocycles. The van der Waals surface area contributed by atoms with Crippen molar-refractivity contribution >= 4 is 5.91 Å². The number of aliphatic hydroxyl groups excluding tert-OH is 1. The molecule has 1 aromatic carbocycles. The highest BCUT2D eigenvalue weighted by molar-refractivity contribution is 5.94. The quantitative estimate of drug-likeness (QED) is 0.766. The van der Waals surface area contributed by atoms with Crippen LogP contribution in [0.3, 0.4) is 0 Å². The number of hydrogen-bond acceptors (Lipinski definition) is 3. The first kappa shape index (κ1) is 14.7. The van der Waals surface area contributed by atoms with Gasteiger partial charge < -0.3 is 15.3 Å². The Morgan fingerprint density at radius 3 is 2.33 bits per heavy atom. The van der Waals surface area contributed by atoms with E-state index in [1.807, 2.05) is 0 Å². The van der Waals surface area contributed by atoms with E-state index in [4.69, 9.17) is 5.11 Å². The second-order valence-electron chi connectivity index (χ2n) is 4.14. The predicted octanol–water partition coefficient (Wildman–Crippen LogP) is 1.25. The Bertz CT molecular complexity index is 359. The number of hydrogen-bond donors (Lipinski definition) is 2. The van der Waals surface area contributed by atoms with Crippen LogP contribution in [-0.4, -0.2) is 42.1 Å². The second kappa shape index (κ2) is 7.84. The third-order valence-electron chi connectivity index (χ3n) is 3.01. The van der Waals surface area contributed by atoms with Gasteiger partial charge in [0.05, 0.1) is 6.61 Å². The van der Waals surface area contributed by atoms with E-state index < -0.39 is 0 Å². The third-order valence-corrected chi connectivity index (χ3v) is 3.01. The summed E-state index contributed by atoms with van der Waals surface area (Å²) in [6.45, 7) is 7.74. The Balaban J connectivity index is 2.40. The van der Waals surface area contributed by atoms with Crippen LogP contribution in [0.4, 0.5) is 0 Å². The highest BCUT2D eigenvalue weighted by atomic mass is 16.3. The van der Waals surface area contributed by atoms with Gasteiger partial charge in [-0.1, -0.05) is 26.0 Å². The minimum Gasteiger partial charge on any atom is -0.392 e. The summed E-state index contributed by atoms with van der Waals surface area (Å²) >= 11 is 0. The van der Waals surface area contributed by atoms with E-state index in [1.54, 1.807) is 24.3 Å². The molecule has 0 saturated carbocycles. The molecular formula is C14H22N2O2. The van der Waals surface area contributed by atoms with Crippen LogP contribution in [0, 0.1) is 0 Å². The molecule has 100 valence electrons. The summed E-state index contributed by atoms with van der Waals surface area (Å²) in [7, 11) is 0. The van der Waals surface area contributed by atoms with Crippen LogP contribution in [0.1, 0.15) is 29.8 Å². The first-order chi connectivity index (χ1) is 8.71. The van der Waals surface area contributed by atoms with Crippen molar-refractivity contribution in [2.75, 3.05) is 26.2 Å². The van der Waals surface area contributed by atoms with Gasteiger partial charge in [-0.2, -0.15) is 0 Å². The Morgan fingerprint density at radius 1 is 1.22 bits per heavy atom. The molecule has 4 nitrogen and oxygen atoms in total. The average Bonchev–Trinajstić information content (AvgIpc) is 2.43. The maximum absolute atomic E-state index is 11.8. The summed E-state index contributed by atoms with van der Waals surface area (Å²) in [6.07, 6.45) is 0. The molecule has 1 amide bonds. The number of benzene rings is 1. The van der Waals surface area contributed by atoms with Crippen LogP contribution in [0.15, 0.2) is 24.3 Å². The van der Waals surface area contributed by atoms with E-state index in [1.165, 1.54) is 0 Å². The maximum Gasteiger partial charge on any atom is 0.251 e. The first-order valence-corrected chi connectivity index (χ1v) is 6.41. The van der Waals surface area contributed by atoms with Crippen LogP contribution in [-0.2, 0) is 6.61 Å². The molecular weight excluding hydrogens is 228 g/mol. The minimum absolute atomic E-state index is 0.00383. The SMILES string of the molecule is CCN(CC)CCNC(=O)c1ccc(CO)cc1. The van der Waals surface area contributed by atoms with Crippen LogP contribution in [0.5, 0.6) is 0 Å². The standard InChI is InChI=1S/C14H22N2O2/c1-3-16(4-2)10-9-15-14(18)13-7-5-12(11-17)6-8-13/h5-8,17H,3-4,9-11H2,1-2H3,(H,15,18). The second-order valence-corrected chi connectivity index (χ2v) is 4.14. The van der Waals surface area contributed by atoms with E-state index in [9.17, 15) is 4.79 Å². The number of aliphatic hydroxyl groups is 1. The molecule has 0 fully saturated rings. The fourth-order valence-corrected chi connectivity index (χ4v) is 1.73. The molecule has 0 radical (unpaired) electrons. The number of carbonyl (C=O) groups is 1. The van der Waals surface area contributed by atoms with Crippen molar-refractivity contribution in [3.63, 3.8) is 0 Å². The Kier molecular flexibility index (Phi) is 6.39. The molecule has 0 aliphatic carbocycles. The van der Waals surface area contributed by atoms with Crippen molar-refractivity contribution in [2.24, 2.45) is 0 Å². The zero-order valence-electron chi connectivity index (χ0n) is 11.1. The van der Waals surface area contributed by atoms with Crippen molar-refractivity contribution < 1.29 is 9.90 Å². The molecule has 2 N–H and O–H groups in total. The average molecular weight is 250 g/mol. The lowest BCUT2D eigenvalue weighted by Gasteiger charge is -2.17. The van der Waals surface area contributed by atoms with Crippen LogP contribution >= 0.6 is 0 Å². The van der Waals surface area contributed by atoms with Gasteiger partial charge in [-0.15, -0.1) is 0 Å². The maximum atomic E-state index is 11.8. The number of carbonyl (C=O) groups excluding carboxylic acids is 1. The van der Waals surface area contributed by atoms with E-state index in [2.05, 4.69) is 24.1 Å². The van der Waals surface area contributed by atoms with E-state index in [-0.39, 0.29) is 12.5 Å². The normalized spacial score (nSPS) is 10.7.